The molecule has 0 spiro atoms. The summed E-state index contributed by atoms with van der Waals surface area (Å²) in [6.45, 7) is 1.59. The summed E-state index contributed by atoms with van der Waals surface area (Å²) in [5, 5.41) is 0. The summed E-state index contributed by atoms with van der Waals surface area (Å²) in [6, 6.07) is 6.31. The molecule has 1 aromatic heterocycles. The summed E-state index contributed by atoms with van der Waals surface area (Å²) < 4.78 is 64.7. The van der Waals surface area contributed by atoms with Crippen LogP contribution in [0.5, 0.6) is 0 Å². The average Bonchev–Trinajstić information content (AvgIpc) is 2.47. The Morgan fingerprint density at radius 3 is 2.50 bits per heavy atom. The summed E-state index contributed by atoms with van der Waals surface area (Å²) >= 11 is 0. The van der Waals surface area contributed by atoms with Crippen molar-refractivity contribution >= 4 is 10.0 Å². The summed E-state index contributed by atoms with van der Waals surface area (Å²) in [6.07, 6.45) is -1.57. The summed E-state index contributed by atoms with van der Waals surface area (Å²) in [5.74, 6) is 0. The molecule has 4 nitrogen and oxygen atoms in total. The van der Waals surface area contributed by atoms with Crippen molar-refractivity contribution in [1.82, 2.24) is 9.71 Å². The standard InChI is InChI=1S/C14H13F3N2O2S/c1-10(11-4-3-7-18-9-11)19-22(20,21)13-6-2-5-12(8-13)14(15,16)17/h2-10,19H,1H3. The van der Waals surface area contributed by atoms with E-state index >= 15 is 0 Å². The van der Waals surface area contributed by atoms with Gasteiger partial charge in [0.15, 0.2) is 0 Å². The van der Waals surface area contributed by atoms with Crippen LogP contribution in [0.2, 0.25) is 0 Å². The number of sulfonamides is 1. The van der Waals surface area contributed by atoms with E-state index in [0.29, 0.717) is 11.6 Å². The predicted octanol–water partition coefficient (Wildman–Crippen LogP) is 3.14. The van der Waals surface area contributed by atoms with Crippen molar-refractivity contribution in [3.05, 3.63) is 59.9 Å². The van der Waals surface area contributed by atoms with Crippen molar-refractivity contribution in [1.29, 1.82) is 0 Å². The molecule has 0 aliphatic carbocycles. The highest BCUT2D eigenvalue weighted by Gasteiger charge is 2.31. The Morgan fingerprint density at radius 2 is 1.91 bits per heavy atom. The largest absolute Gasteiger partial charge is 0.416 e. The number of halogens is 3. The Hall–Kier alpha value is -1.93. The molecule has 8 heteroatoms. The van der Waals surface area contributed by atoms with Gasteiger partial charge in [-0.15, -0.1) is 0 Å². The molecule has 0 amide bonds. The van der Waals surface area contributed by atoms with E-state index in [9.17, 15) is 21.6 Å². The molecule has 2 rings (SSSR count). The Morgan fingerprint density at radius 1 is 1.18 bits per heavy atom. The Bertz CT molecular complexity index is 746. The summed E-state index contributed by atoms with van der Waals surface area (Å²) in [7, 11) is -4.07. The number of aromatic nitrogens is 1. The fraction of sp³-hybridized carbons (Fsp3) is 0.214. The van der Waals surface area contributed by atoms with Crippen LogP contribution in [0.15, 0.2) is 53.7 Å². The van der Waals surface area contributed by atoms with E-state index in [1.54, 1.807) is 19.1 Å². The van der Waals surface area contributed by atoms with Crippen LogP contribution in [0.4, 0.5) is 13.2 Å². The lowest BCUT2D eigenvalue weighted by Crippen LogP contribution is -2.27. The van der Waals surface area contributed by atoms with Crippen LogP contribution in [-0.2, 0) is 16.2 Å². The van der Waals surface area contributed by atoms with E-state index in [1.807, 2.05) is 0 Å². The zero-order valence-corrected chi connectivity index (χ0v) is 12.3. The van der Waals surface area contributed by atoms with Gasteiger partial charge in [-0.3, -0.25) is 4.98 Å². The number of rotatable bonds is 4. The zero-order valence-electron chi connectivity index (χ0n) is 11.5. The van der Waals surface area contributed by atoms with E-state index < -0.39 is 32.7 Å². The van der Waals surface area contributed by atoms with Crippen LogP contribution < -0.4 is 4.72 Å². The minimum atomic E-state index is -4.60. The molecule has 2 aromatic rings. The van der Waals surface area contributed by atoms with Gasteiger partial charge in [0.25, 0.3) is 0 Å². The third kappa shape index (κ3) is 3.83. The molecule has 0 saturated carbocycles. The maximum absolute atomic E-state index is 12.7. The minimum absolute atomic E-state index is 0.432. The molecular weight excluding hydrogens is 317 g/mol. The molecule has 1 atom stereocenters. The van der Waals surface area contributed by atoms with Gasteiger partial charge in [0.1, 0.15) is 0 Å². The quantitative estimate of drug-likeness (QED) is 0.937. The van der Waals surface area contributed by atoms with Crippen molar-refractivity contribution in [3.8, 4) is 0 Å². The lowest BCUT2D eigenvalue weighted by Gasteiger charge is -2.15. The van der Waals surface area contributed by atoms with Crippen LogP contribution in [0.1, 0.15) is 24.1 Å². The highest BCUT2D eigenvalue weighted by molar-refractivity contribution is 7.89. The Balaban J connectivity index is 2.28. The first-order chi connectivity index (χ1) is 10.2. The number of pyridine rings is 1. The van der Waals surface area contributed by atoms with Gasteiger partial charge < -0.3 is 0 Å². The molecule has 118 valence electrons. The maximum Gasteiger partial charge on any atom is 0.416 e. The van der Waals surface area contributed by atoms with Gasteiger partial charge in [0.05, 0.1) is 10.5 Å². The number of hydrogen-bond donors (Lipinski definition) is 1. The first kappa shape index (κ1) is 16.4. The minimum Gasteiger partial charge on any atom is -0.264 e. The van der Waals surface area contributed by atoms with Crippen LogP contribution in [0.25, 0.3) is 0 Å². The van der Waals surface area contributed by atoms with Gasteiger partial charge in [0, 0.05) is 18.4 Å². The van der Waals surface area contributed by atoms with E-state index in [1.165, 1.54) is 12.4 Å². The lowest BCUT2D eigenvalue weighted by molar-refractivity contribution is -0.137. The van der Waals surface area contributed by atoms with Crippen LogP contribution >= 0.6 is 0 Å². The third-order valence-electron chi connectivity index (χ3n) is 2.99. The normalized spacial score (nSPS) is 13.8. The molecule has 0 fully saturated rings. The topological polar surface area (TPSA) is 59.1 Å². The van der Waals surface area contributed by atoms with Gasteiger partial charge in [-0.2, -0.15) is 13.2 Å². The molecule has 1 unspecified atom stereocenters. The van der Waals surface area contributed by atoms with Crippen LogP contribution in [0.3, 0.4) is 0 Å². The first-order valence-electron chi connectivity index (χ1n) is 6.30. The second-order valence-corrected chi connectivity index (χ2v) is 6.37. The van der Waals surface area contributed by atoms with Crippen molar-refractivity contribution in [2.75, 3.05) is 0 Å². The molecule has 0 aliphatic rings. The lowest BCUT2D eigenvalue weighted by atomic mass is 10.2. The number of hydrogen-bond acceptors (Lipinski definition) is 3. The number of nitrogens with zero attached hydrogens (tertiary/aromatic N) is 1. The molecule has 0 aliphatic heterocycles. The average molecular weight is 330 g/mol. The zero-order chi connectivity index (χ0) is 16.4. The number of benzene rings is 1. The number of alkyl halides is 3. The summed E-state index contributed by atoms with van der Waals surface area (Å²) in [5.41, 5.74) is -0.401. The van der Waals surface area contributed by atoms with Crippen molar-refractivity contribution in [2.24, 2.45) is 0 Å². The van der Waals surface area contributed by atoms with Crippen LogP contribution in [0, 0.1) is 0 Å². The SMILES string of the molecule is CC(NS(=O)(=O)c1cccc(C(F)(F)F)c1)c1cccnc1. The third-order valence-corrected chi connectivity index (χ3v) is 4.53. The van der Waals surface area contributed by atoms with E-state index in [4.69, 9.17) is 0 Å². The molecular formula is C14H13F3N2O2S. The van der Waals surface area contributed by atoms with Crippen LogP contribution in [-0.4, -0.2) is 13.4 Å². The first-order valence-corrected chi connectivity index (χ1v) is 7.78. The van der Waals surface area contributed by atoms with E-state index in [2.05, 4.69) is 9.71 Å². The molecule has 0 bridgehead atoms. The van der Waals surface area contributed by atoms with Crippen molar-refractivity contribution in [3.63, 3.8) is 0 Å². The highest BCUT2D eigenvalue weighted by atomic mass is 32.2. The molecule has 0 saturated heterocycles. The molecule has 22 heavy (non-hydrogen) atoms. The van der Waals surface area contributed by atoms with Gasteiger partial charge in [-0.05, 0) is 36.8 Å². The molecule has 0 radical (unpaired) electrons. The number of nitrogens with one attached hydrogen (secondary N) is 1. The van der Waals surface area contributed by atoms with Gasteiger partial charge in [0.2, 0.25) is 10.0 Å². The highest BCUT2D eigenvalue weighted by Crippen LogP contribution is 2.30. The second-order valence-electron chi connectivity index (χ2n) is 4.65. The molecule has 1 N–H and O–H groups in total. The van der Waals surface area contributed by atoms with Gasteiger partial charge >= 0.3 is 6.18 Å². The van der Waals surface area contributed by atoms with E-state index in [0.717, 1.165) is 18.2 Å². The Labute approximate surface area is 126 Å². The van der Waals surface area contributed by atoms with Crippen molar-refractivity contribution < 1.29 is 21.6 Å². The predicted molar refractivity (Wildman–Crippen MR) is 74.4 cm³/mol. The smallest absolute Gasteiger partial charge is 0.264 e. The van der Waals surface area contributed by atoms with Gasteiger partial charge in [-0.25, -0.2) is 13.1 Å². The fourth-order valence-electron chi connectivity index (χ4n) is 1.84. The van der Waals surface area contributed by atoms with E-state index in [-0.39, 0.29) is 0 Å². The van der Waals surface area contributed by atoms with Crippen molar-refractivity contribution in [2.45, 2.75) is 24.0 Å². The van der Waals surface area contributed by atoms with Gasteiger partial charge in [-0.1, -0.05) is 12.1 Å². The second kappa shape index (κ2) is 6.05. The fourth-order valence-corrected chi connectivity index (χ4v) is 3.12. The monoisotopic (exact) mass is 330 g/mol. The Kier molecular flexibility index (Phi) is 4.52. The molecule has 1 heterocycles. The molecule has 1 aromatic carbocycles. The summed E-state index contributed by atoms with van der Waals surface area (Å²) in [4.78, 5) is 3.44. The maximum atomic E-state index is 12.7.